The molecular weight excluding hydrogens is 396 g/mol. The van der Waals surface area contributed by atoms with Crippen LogP contribution >= 0.6 is 0 Å². The predicted octanol–water partition coefficient (Wildman–Crippen LogP) is 4.62. The maximum absolute atomic E-state index is 10.9. The Labute approximate surface area is 186 Å². The Morgan fingerprint density at radius 3 is 2.69 bits per heavy atom. The van der Waals surface area contributed by atoms with E-state index in [1.807, 2.05) is 24.4 Å². The first kappa shape index (κ1) is 20.1. The zero-order valence-corrected chi connectivity index (χ0v) is 17.8. The summed E-state index contributed by atoms with van der Waals surface area (Å²) in [5, 5.41) is 15.6. The molecule has 2 aliphatic carbocycles. The summed E-state index contributed by atoms with van der Waals surface area (Å²) in [6.45, 7) is 0.809. The lowest BCUT2D eigenvalue weighted by molar-refractivity contribution is -0.385. The molecule has 1 heterocycles. The predicted molar refractivity (Wildman–Crippen MR) is 130 cm³/mol. The van der Waals surface area contributed by atoms with Gasteiger partial charge in [-0.15, -0.1) is 0 Å². The van der Waals surface area contributed by atoms with Crippen molar-refractivity contribution < 1.29 is 4.92 Å². The van der Waals surface area contributed by atoms with Crippen molar-refractivity contribution in [2.24, 2.45) is 4.99 Å². The van der Waals surface area contributed by atoms with Gasteiger partial charge in [-0.25, -0.2) is 0 Å². The van der Waals surface area contributed by atoms with Crippen molar-refractivity contribution in [3.05, 3.63) is 114 Å². The summed E-state index contributed by atoms with van der Waals surface area (Å²) in [7, 11) is 0. The number of hydrogen-bond acceptors (Lipinski definition) is 3. The molecule has 0 saturated heterocycles. The van der Waals surface area contributed by atoms with Crippen LogP contribution in [0.4, 0.5) is 5.69 Å². The first-order valence-corrected chi connectivity index (χ1v) is 11.0. The topological polar surface area (TPSA) is 55.5 Å². The van der Waals surface area contributed by atoms with E-state index in [4.69, 9.17) is 0 Å². The zero-order chi connectivity index (χ0) is 21.9. The third-order valence-electron chi connectivity index (χ3n) is 6.31. The molecular formula is C28H24N2O2. The van der Waals surface area contributed by atoms with Gasteiger partial charge in [-0.1, -0.05) is 54.6 Å². The van der Waals surface area contributed by atoms with E-state index in [2.05, 4.69) is 53.6 Å². The number of allylic oxidation sites excluding steroid dienone is 1. The van der Waals surface area contributed by atoms with Gasteiger partial charge in [0.05, 0.1) is 11.5 Å². The van der Waals surface area contributed by atoms with Gasteiger partial charge in [0.15, 0.2) is 0 Å². The first-order valence-electron chi connectivity index (χ1n) is 11.0. The lowest BCUT2D eigenvalue weighted by Crippen LogP contribution is -2.19. The van der Waals surface area contributed by atoms with E-state index in [1.165, 1.54) is 39.1 Å². The molecule has 0 atom stereocenters. The van der Waals surface area contributed by atoms with E-state index in [-0.39, 0.29) is 10.6 Å². The summed E-state index contributed by atoms with van der Waals surface area (Å²) >= 11 is 0. The molecule has 158 valence electrons. The van der Waals surface area contributed by atoms with Crippen LogP contribution in [0.15, 0.2) is 65.7 Å². The number of benzene rings is 3. The van der Waals surface area contributed by atoms with E-state index in [0.717, 1.165) is 36.2 Å². The van der Waals surface area contributed by atoms with Gasteiger partial charge in [0.1, 0.15) is 0 Å². The number of nitro benzene ring substituents is 1. The second kappa shape index (κ2) is 8.75. The molecule has 0 saturated carbocycles. The van der Waals surface area contributed by atoms with Crippen molar-refractivity contribution in [1.82, 2.24) is 0 Å². The quantitative estimate of drug-likeness (QED) is 0.426. The van der Waals surface area contributed by atoms with Crippen molar-refractivity contribution in [3.63, 3.8) is 0 Å². The molecule has 0 amide bonds. The minimum atomic E-state index is -0.328. The molecule has 3 aromatic rings. The van der Waals surface area contributed by atoms with E-state index < -0.39 is 0 Å². The van der Waals surface area contributed by atoms with Crippen molar-refractivity contribution in [3.8, 4) is 0 Å². The molecule has 0 unspecified atom stereocenters. The van der Waals surface area contributed by atoms with Crippen LogP contribution in [0.25, 0.3) is 18.2 Å². The van der Waals surface area contributed by atoms with Crippen LogP contribution < -0.4 is 10.4 Å². The Bertz CT molecular complexity index is 1480. The summed E-state index contributed by atoms with van der Waals surface area (Å²) < 4.78 is 0. The van der Waals surface area contributed by atoms with Crippen molar-refractivity contribution >= 4 is 30.1 Å². The molecule has 6 rings (SSSR count). The average Bonchev–Trinajstić information content (AvgIpc) is 3.09. The lowest BCUT2D eigenvalue weighted by Gasteiger charge is -2.16. The van der Waals surface area contributed by atoms with Crippen molar-refractivity contribution in [2.45, 2.75) is 32.2 Å². The van der Waals surface area contributed by atoms with E-state index >= 15 is 0 Å². The fraction of sp³-hybridized carbons (Fsp3) is 0.179. The number of aliphatic imine (C=N–C) groups is 1. The molecule has 0 aromatic heterocycles. The number of non-ortho nitro benzene ring substituents is 1. The minimum absolute atomic E-state index is 0.166. The van der Waals surface area contributed by atoms with Gasteiger partial charge in [0, 0.05) is 18.3 Å². The van der Waals surface area contributed by atoms with Crippen molar-refractivity contribution in [2.75, 3.05) is 0 Å². The van der Waals surface area contributed by atoms with Gasteiger partial charge in [0.2, 0.25) is 0 Å². The fourth-order valence-electron chi connectivity index (χ4n) is 4.71. The number of rotatable bonds is 1. The summed E-state index contributed by atoms with van der Waals surface area (Å²) in [6.07, 6.45) is 14.8. The van der Waals surface area contributed by atoms with Gasteiger partial charge in [-0.05, 0) is 81.0 Å². The Kier molecular flexibility index (Phi) is 5.51. The highest BCUT2D eigenvalue weighted by Crippen LogP contribution is 2.18. The van der Waals surface area contributed by atoms with Crippen LogP contribution in [0.1, 0.15) is 35.1 Å². The van der Waals surface area contributed by atoms with Crippen LogP contribution in [0.2, 0.25) is 0 Å². The lowest BCUT2D eigenvalue weighted by atomic mass is 9.89. The minimum Gasteiger partial charge on any atom is -0.288 e. The number of nitrogens with zero attached hydrogens (tertiary/aromatic N) is 2. The van der Waals surface area contributed by atoms with Crippen molar-refractivity contribution in [1.29, 1.82) is 0 Å². The fourth-order valence-corrected chi connectivity index (χ4v) is 4.71. The zero-order valence-electron chi connectivity index (χ0n) is 17.8. The summed E-state index contributed by atoms with van der Waals surface area (Å²) in [4.78, 5) is 14.8. The molecule has 32 heavy (non-hydrogen) atoms. The van der Waals surface area contributed by atoms with Crippen LogP contribution in [-0.4, -0.2) is 11.1 Å². The SMILES string of the molecule is C1=Cc2ccccc2CN=C1.O=[N+]([O-])c1ccc2c(c1)=CCc1c3c(ccc1=2)=CCCC3. The monoisotopic (exact) mass is 420 g/mol. The highest BCUT2D eigenvalue weighted by Gasteiger charge is 2.13. The largest absolute Gasteiger partial charge is 0.288 e. The first-order chi connectivity index (χ1) is 15.7. The highest BCUT2D eigenvalue weighted by molar-refractivity contribution is 5.80. The van der Waals surface area contributed by atoms with Gasteiger partial charge in [-0.2, -0.15) is 0 Å². The Balaban J connectivity index is 0.000000165. The molecule has 0 N–H and O–H groups in total. The van der Waals surface area contributed by atoms with E-state index in [9.17, 15) is 10.1 Å². The molecule has 3 aliphatic rings. The molecule has 0 spiro atoms. The van der Waals surface area contributed by atoms with Gasteiger partial charge in [-0.3, -0.25) is 15.1 Å². The molecule has 0 bridgehead atoms. The van der Waals surface area contributed by atoms with Crippen LogP contribution in [0.5, 0.6) is 0 Å². The van der Waals surface area contributed by atoms with Gasteiger partial charge in [0.25, 0.3) is 5.69 Å². The smallest absolute Gasteiger partial charge is 0.270 e. The van der Waals surface area contributed by atoms with Crippen LogP contribution in [0.3, 0.4) is 0 Å². The maximum Gasteiger partial charge on any atom is 0.270 e. The second-order valence-corrected chi connectivity index (χ2v) is 8.24. The molecule has 3 aromatic carbocycles. The standard InChI is InChI=1S/C18H15NO2.C10H9N/c20-19(21)14-7-10-16-13(11-14)6-9-17-15-4-2-1-3-12(15)5-8-18(16)17;1-2-5-10-8-11-7-3-6-9(10)4-1/h3,5-8,10-11H,1-2,4,9H2;1-7H,8H2. The molecule has 4 nitrogen and oxygen atoms in total. The van der Waals surface area contributed by atoms with Gasteiger partial charge >= 0.3 is 0 Å². The van der Waals surface area contributed by atoms with Crippen LogP contribution in [-0.2, 0) is 19.4 Å². The normalized spacial score (nSPS) is 14.8. The Morgan fingerprint density at radius 1 is 0.906 bits per heavy atom. The molecule has 1 aliphatic heterocycles. The summed E-state index contributed by atoms with van der Waals surface area (Å²) in [6, 6.07) is 17.9. The second-order valence-electron chi connectivity index (χ2n) is 8.24. The number of fused-ring (bicyclic) bond motifs is 5. The summed E-state index contributed by atoms with van der Waals surface area (Å²) in [5.74, 6) is 0. The average molecular weight is 421 g/mol. The summed E-state index contributed by atoms with van der Waals surface area (Å²) in [5.41, 5.74) is 5.63. The third kappa shape index (κ3) is 3.92. The maximum atomic E-state index is 10.9. The Hall–Kier alpha value is -3.79. The number of hydrogen-bond donors (Lipinski definition) is 0. The molecule has 0 radical (unpaired) electrons. The number of nitro groups is 1. The van der Waals surface area contributed by atoms with Gasteiger partial charge < -0.3 is 0 Å². The van der Waals surface area contributed by atoms with Crippen LogP contribution in [0, 0.1) is 20.6 Å². The third-order valence-corrected chi connectivity index (χ3v) is 6.31. The molecule has 4 heteroatoms. The molecule has 0 fully saturated rings. The van der Waals surface area contributed by atoms with E-state index in [0.29, 0.717) is 0 Å². The van der Waals surface area contributed by atoms with E-state index in [1.54, 1.807) is 12.1 Å². The Morgan fingerprint density at radius 2 is 1.78 bits per heavy atom. The highest BCUT2D eigenvalue weighted by atomic mass is 16.6.